The molecule has 3 heterocycles. The van der Waals surface area contributed by atoms with Crippen LogP contribution in [0.25, 0.3) is 0 Å². The van der Waals surface area contributed by atoms with E-state index in [1.54, 1.807) is 0 Å². The Morgan fingerprint density at radius 3 is 2.52 bits per heavy atom. The van der Waals surface area contributed by atoms with E-state index in [9.17, 15) is 5.11 Å². The minimum Gasteiger partial charge on any atom is -0.407 e. The summed E-state index contributed by atoms with van der Waals surface area (Å²) in [5, 5.41) is 18.6. The van der Waals surface area contributed by atoms with Crippen LogP contribution in [-0.4, -0.2) is 46.7 Å². The molecule has 1 N–H and O–H groups in total. The average molecular weight is 295 g/mol. The molecule has 0 unspecified atom stereocenters. The molecule has 0 radical (unpaired) electrons. The number of ether oxygens (including phenoxy) is 1. The monoisotopic (exact) mass is 295 g/mol. The largest absolute Gasteiger partial charge is 0.407 e. The first-order chi connectivity index (χ1) is 9.91. The number of aliphatic hydroxyl groups is 1. The molecule has 0 bridgehead atoms. The summed E-state index contributed by atoms with van der Waals surface area (Å²) in [6, 6.07) is 0.583. The van der Waals surface area contributed by atoms with Gasteiger partial charge in [0.2, 0.25) is 5.89 Å². The second kappa shape index (κ2) is 5.25. The molecule has 0 amide bonds. The number of piperidine rings is 1. The second-order valence-electron chi connectivity index (χ2n) is 7.20. The molecule has 2 fully saturated rings. The van der Waals surface area contributed by atoms with Gasteiger partial charge in [-0.15, -0.1) is 5.10 Å². The van der Waals surface area contributed by atoms with Crippen molar-refractivity contribution < 1.29 is 14.3 Å². The van der Waals surface area contributed by atoms with Gasteiger partial charge in [-0.1, -0.05) is 25.9 Å². The van der Waals surface area contributed by atoms with Crippen LogP contribution in [0.3, 0.4) is 0 Å². The fourth-order valence-electron chi connectivity index (χ4n) is 3.11. The van der Waals surface area contributed by atoms with Crippen LogP contribution in [0.5, 0.6) is 0 Å². The van der Waals surface area contributed by atoms with Crippen molar-refractivity contribution in [3.63, 3.8) is 0 Å². The Bertz CT molecular complexity index is 487. The zero-order chi connectivity index (χ0) is 15.1. The Kier molecular flexibility index (Phi) is 3.69. The van der Waals surface area contributed by atoms with Gasteiger partial charge in [0.05, 0.1) is 11.7 Å². The highest BCUT2D eigenvalue weighted by molar-refractivity contribution is 5.27. The second-order valence-corrected chi connectivity index (χ2v) is 7.20. The lowest BCUT2D eigenvalue weighted by Gasteiger charge is -2.46. The number of nitrogens with zero attached hydrogens (tertiary/aromatic N) is 3. The van der Waals surface area contributed by atoms with E-state index in [2.05, 4.69) is 35.9 Å². The molecule has 6 nitrogen and oxygen atoms in total. The summed E-state index contributed by atoms with van der Waals surface area (Å²) < 4.78 is 11.7. The standard InChI is InChI=1S/C15H25N3O3/c1-14(2,3)12-16-17-13(21-12)18-8-6-15(7-9-18)11(19)5-4-10-20-15/h11,19H,4-10H2,1-3H3/t11-/m0/s1. The van der Waals surface area contributed by atoms with Crippen LogP contribution < -0.4 is 4.90 Å². The van der Waals surface area contributed by atoms with Gasteiger partial charge in [0.15, 0.2) is 0 Å². The Hall–Kier alpha value is -1.14. The van der Waals surface area contributed by atoms with Crippen LogP contribution in [0.4, 0.5) is 6.01 Å². The maximum atomic E-state index is 10.3. The van der Waals surface area contributed by atoms with Gasteiger partial charge in [0.25, 0.3) is 0 Å². The van der Waals surface area contributed by atoms with Gasteiger partial charge in [-0.3, -0.25) is 0 Å². The minimum absolute atomic E-state index is 0.134. The lowest BCUT2D eigenvalue weighted by Crippen LogP contribution is -2.55. The Morgan fingerprint density at radius 1 is 1.24 bits per heavy atom. The summed E-state index contributed by atoms with van der Waals surface area (Å²) in [6.07, 6.45) is 3.06. The summed E-state index contributed by atoms with van der Waals surface area (Å²) in [4.78, 5) is 2.10. The molecule has 1 spiro atoms. The number of hydrogen-bond acceptors (Lipinski definition) is 6. The molecule has 1 atom stereocenters. The van der Waals surface area contributed by atoms with E-state index in [-0.39, 0.29) is 17.1 Å². The molecular formula is C15H25N3O3. The highest BCUT2D eigenvalue weighted by Gasteiger charge is 2.44. The molecule has 6 heteroatoms. The zero-order valence-electron chi connectivity index (χ0n) is 13.1. The van der Waals surface area contributed by atoms with Gasteiger partial charge in [0.1, 0.15) is 0 Å². The summed E-state index contributed by atoms with van der Waals surface area (Å²) in [6.45, 7) is 8.49. The Balaban J connectivity index is 1.67. The Labute approximate surface area is 125 Å². The maximum absolute atomic E-state index is 10.3. The molecule has 1 aromatic heterocycles. The van der Waals surface area contributed by atoms with E-state index >= 15 is 0 Å². The van der Waals surface area contributed by atoms with Crippen LogP contribution in [0.2, 0.25) is 0 Å². The summed E-state index contributed by atoms with van der Waals surface area (Å²) in [7, 11) is 0. The molecule has 118 valence electrons. The van der Waals surface area contributed by atoms with E-state index < -0.39 is 0 Å². The molecule has 2 aliphatic heterocycles. The van der Waals surface area contributed by atoms with Crippen molar-refractivity contribution in [1.82, 2.24) is 10.2 Å². The quantitative estimate of drug-likeness (QED) is 0.853. The fourth-order valence-corrected chi connectivity index (χ4v) is 3.11. The van der Waals surface area contributed by atoms with Crippen molar-refractivity contribution in [2.45, 2.75) is 63.6 Å². The predicted molar refractivity (Wildman–Crippen MR) is 78.4 cm³/mol. The molecule has 0 aromatic carbocycles. The van der Waals surface area contributed by atoms with Gasteiger partial charge >= 0.3 is 6.01 Å². The van der Waals surface area contributed by atoms with Gasteiger partial charge < -0.3 is 19.2 Å². The van der Waals surface area contributed by atoms with E-state index in [4.69, 9.17) is 9.15 Å². The number of hydrogen-bond donors (Lipinski definition) is 1. The van der Waals surface area contributed by atoms with Crippen LogP contribution >= 0.6 is 0 Å². The number of rotatable bonds is 1. The third kappa shape index (κ3) is 2.79. The highest BCUT2D eigenvalue weighted by atomic mass is 16.5. The average Bonchev–Trinajstić information content (AvgIpc) is 2.93. The zero-order valence-corrected chi connectivity index (χ0v) is 13.1. The number of anilines is 1. The van der Waals surface area contributed by atoms with E-state index in [1.165, 1.54) is 0 Å². The fraction of sp³-hybridized carbons (Fsp3) is 0.867. The van der Waals surface area contributed by atoms with Crippen LogP contribution in [-0.2, 0) is 10.2 Å². The first-order valence-corrected chi connectivity index (χ1v) is 7.82. The highest BCUT2D eigenvalue weighted by Crippen LogP contribution is 2.36. The van der Waals surface area contributed by atoms with Crippen molar-refractivity contribution >= 4 is 6.01 Å². The first kappa shape index (κ1) is 14.8. The molecule has 0 saturated carbocycles. The van der Waals surface area contributed by atoms with Crippen molar-refractivity contribution in [3.05, 3.63) is 5.89 Å². The SMILES string of the molecule is CC(C)(C)c1nnc(N2CCC3(CC2)OCCC[C@@H]3O)o1. The van der Waals surface area contributed by atoms with Crippen molar-refractivity contribution in [2.24, 2.45) is 0 Å². The van der Waals surface area contributed by atoms with Crippen LogP contribution in [0.1, 0.15) is 52.3 Å². The van der Waals surface area contributed by atoms with Gasteiger partial charge in [-0.2, -0.15) is 0 Å². The predicted octanol–water partition coefficient (Wildman–Crippen LogP) is 1.88. The lowest BCUT2D eigenvalue weighted by molar-refractivity contribution is -0.164. The number of aliphatic hydroxyl groups excluding tert-OH is 1. The topological polar surface area (TPSA) is 71.6 Å². The van der Waals surface area contributed by atoms with Gasteiger partial charge in [0, 0.05) is 25.1 Å². The molecular weight excluding hydrogens is 270 g/mol. The Morgan fingerprint density at radius 2 is 1.95 bits per heavy atom. The van der Waals surface area contributed by atoms with Gasteiger partial charge in [-0.25, -0.2) is 0 Å². The third-order valence-electron chi connectivity index (χ3n) is 4.55. The molecule has 1 aromatic rings. The minimum atomic E-state index is -0.359. The molecule has 2 saturated heterocycles. The summed E-state index contributed by atoms with van der Waals surface area (Å²) in [5.41, 5.74) is -0.493. The maximum Gasteiger partial charge on any atom is 0.318 e. The normalized spacial score (nSPS) is 26.3. The third-order valence-corrected chi connectivity index (χ3v) is 4.55. The summed E-state index contributed by atoms with van der Waals surface area (Å²) in [5.74, 6) is 0.659. The van der Waals surface area contributed by atoms with Crippen molar-refractivity contribution in [1.29, 1.82) is 0 Å². The van der Waals surface area contributed by atoms with Crippen LogP contribution in [0.15, 0.2) is 4.42 Å². The summed E-state index contributed by atoms with van der Waals surface area (Å²) >= 11 is 0. The van der Waals surface area contributed by atoms with E-state index in [0.29, 0.717) is 11.9 Å². The molecule has 2 aliphatic rings. The molecule has 3 rings (SSSR count). The van der Waals surface area contributed by atoms with Gasteiger partial charge in [-0.05, 0) is 25.7 Å². The van der Waals surface area contributed by atoms with E-state index in [1.807, 2.05) is 0 Å². The first-order valence-electron chi connectivity index (χ1n) is 7.82. The van der Waals surface area contributed by atoms with Crippen molar-refractivity contribution in [2.75, 3.05) is 24.6 Å². The molecule has 21 heavy (non-hydrogen) atoms. The molecule has 0 aliphatic carbocycles. The van der Waals surface area contributed by atoms with E-state index in [0.717, 1.165) is 45.4 Å². The van der Waals surface area contributed by atoms with Crippen LogP contribution in [0, 0.1) is 0 Å². The number of aromatic nitrogens is 2. The van der Waals surface area contributed by atoms with Crippen molar-refractivity contribution in [3.8, 4) is 0 Å². The lowest BCUT2D eigenvalue weighted by atomic mass is 9.82. The smallest absolute Gasteiger partial charge is 0.318 e.